The van der Waals surface area contributed by atoms with Crippen LogP contribution in [0.4, 0.5) is 4.39 Å². The number of rotatable bonds is 6. The Kier molecular flexibility index (Phi) is 6.67. The van der Waals surface area contributed by atoms with Crippen molar-refractivity contribution in [2.45, 2.75) is 18.7 Å². The number of carbonyl (C=O) groups excluding carboxylic acids is 1. The molecule has 0 spiro atoms. The highest BCUT2D eigenvalue weighted by atomic mass is 79.9. The average molecular weight is 336 g/mol. The molecule has 1 atom stereocenters. The van der Waals surface area contributed by atoms with Gasteiger partial charge in [0, 0.05) is 11.5 Å². The van der Waals surface area contributed by atoms with Crippen LogP contribution in [0.2, 0.25) is 0 Å². The van der Waals surface area contributed by atoms with Crippen LogP contribution in [0.25, 0.3) is 0 Å². The molecule has 0 aromatic heterocycles. The van der Waals surface area contributed by atoms with E-state index in [1.165, 1.54) is 17.8 Å². The van der Waals surface area contributed by atoms with Crippen molar-refractivity contribution in [1.82, 2.24) is 0 Å². The first-order valence-electron chi connectivity index (χ1n) is 5.49. The number of carbonyl (C=O) groups is 1. The Bertz CT molecular complexity index is 417. The Morgan fingerprint density at radius 3 is 3.00 bits per heavy atom. The smallest absolute Gasteiger partial charge is 0.323 e. The number of nitrogens with two attached hydrogens (primary N) is 1. The molecule has 0 radical (unpaired) electrons. The van der Waals surface area contributed by atoms with Crippen LogP contribution in [-0.4, -0.2) is 24.4 Å². The Morgan fingerprint density at radius 1 is 1.61 bits per heavy atom. The Labute approximate surface area is 118 Å². The maximum absolute atomic E-state index is 13.2. The summed E-state index contributed by atoms with van der Waals surface area (Å²) in [6.45, 7) is 2.06. The molecule has 0 saturated carbocycles. The molecule has 0 aliphatic rings. The van der Waals surface area contributed by atoms with Gasteiger partial charge in [-0.05, 0) is 34.5 Å². The van der Waals surface area contributed by atoms with E-state index in [0.29, 0.717) is 22.6 Å². The van der Waals surface area contributed by atoms with Crippen molar-refractivity contribution in [3.05, 3.63) is 34.1 Å². The highest BCUT2D eigenvalue weighted by molar-refractivity contribution is 9.10. The highest BCUT2D eigenvalue weighted by Crippen LogP contribution is 2.24. The van der Waals surface area contributed by atoms with Crippen LogP contribution in [0.3, 0.4) is 0 Å². The average Bonchev–Trinajstić information content (AvgIpc) is 2.34. The van der Waals surface area contributed by atoms with E-state index in [9.17, 15) is 9.18 Å². The molecule has 0 aliphatic heterocycles. The van der Waals surface area contributed by atoms with Crippen molar-refractivity contribution in [2.75, 3.05) is 12.4 Å². The summed E-state index contributed by atoms with van der Waals surface area (Å²) in [5.74, 6) is 0.346. The Balaban J connectivity index is 2.42. The lowest BCUT2D eigenvalue weighted by molar-refractivity contribution is -0.144. The lowest BCUT2D eigenvalue weighted by Gasteiger charge is -2.10. The molecule has 0 amide bonds. The molecule has 1 aromatic rings. The molecule has 0 fully saturated rings. The molecule has 100 valence electrons. The summed E-state index contributed by atoms with van der Waals surface area (Å²) in [6, 6.07) is 4.24. The van der Waals surface area contributed by atoms with Gasteiger partial charge in [0.1, 0.15) is 11.9 Å². The molecule has 6 heteroatoms. The third-order valence-electron chi connectivity index (χ3n) is 2.18. The quantitative estimate of drug-likeness (QED) is 0.812. The fraction of sp³-hybridized carbons (Fsp3) is 0.417. The summed E-state index contributed by atoms with van der Waals surface area (Å²) < 4.78 is 18.5. The number of hydrogen-bond acceptors (Lipinski definition) is 4. The Morgan fingerprint density at radius 2 is 2.33 bits per heavy atom. The third kappa shape index (κ3) is 4.59. The predicted octanol–water partition coefficient (Wildman–Crippen LogP) is 2.71. The van der Waals surface area contributed by atoms with E-state index < -0.39 is 12.0 Å². The van der Waals surface area contributed by atoms with Crippen LogP contribution in [0, 0.1) is 5.82 Å². The summed E-state index contributed by atoms with van der Waals surface area (Å²) in [6.07, 6.45) is 0. The van der Waals surface area contributed by atoms with Gasteiger partial charge in [-0.15, -0.1) is 0 Å². The van der Waals surface area contributed by atoms with Crippen LogP contribution in [0.1, 0.15) is 12.5 Å². The summed E-state index contributed by atoms with van der Waals surface area (Å²) in [4.78, 5) is 11.3. The third-order valence-corrected chi connectivity index (χ3v) is 4.17. The first-order chi connectivity index (χ1) is 8.56. The standard InChI is InChI=1S/C12H15BrFNO2S/c1-2-17-12(16)10(15)7-18-6-8-4-3-5-9(14)11(8)13/h3-5,10H,2,6-7,15H2,1H3. The van der Waals surface area contributed by atoms with Crippen LogP contribution in [0.5, 0.6) is 0 Å². The topological polar surface area (TPSA) is 52.3 Å². The van der Waals surface area contributed by atoms with Gasteiger partial charge in [-0.3, -0.25) is 4.79 Å². The Hall–Kier alpha value is -0.590. The molecule has 0 aliphatic carbocycles. The maximum atomic E-state index is 13.2. The molecule has 18 heavy (non-hydrogen) atoms. The summed E-state index contributed by atoms with van der Waals surface area (Å²) >= 11 is 4.66. The fourth-order valence-electron chi connectivity index (χ4n) is 1.27. The lowest BCUT2D eigenvalue weighted by atomic mass is 10.2. The first kappa shape index (κ1) is 15.5. The van der Waals surface area contributed by atoms with Gasteiger partial charge in [0.15, 0.2) is 0 Å². The fourth-order valence-corrected chi connectivity index (χ4v) is 2.83. The molecule has 1 rings (SSSR count). The van der Waals surface area contributed by atoms with Crippen LogP contribution >= 0.6 is 27.7 Å². The summed E-state index contributed by atoms with van der Waals surface area (Å²) in [5.41, 5.74) is 6.50. The second-order valence-corrected chi connectivity index (χ2v) is 5.41. The van der Waals surface area contributed by atoms with Crippen molar-refractivity contribution in [3.8, 4) is 0 Å². The summed E-state index contributed by atoms with van der Waals surface area (Å²) in [5, 5.41) is 0. The minimum absolute atomic E-state index is 0.289. The van der Waals surface area contributed by atoms with Gasteiger partial charge in [-0.1, -0.05) is 12.1 Å². The van der Waals surface area contributed by atoms with Crippen molar-refractivity contribution >= 4 is 33.7 Å². The van der Waals surface area contributed by atoms with E-state index in [-0.39, 0.29) is 5.82 Å². The molecule has 3 nitrogen and oxygen atoms in total. The van der Waals surface area contributed by atoms with E-state index in [0.717, 1.165) is 5.56 Å². The maximum Gasteiger partial charge on any atom is 0.323 e. The minimum atomic E-state index is -0.637. The monoisotopic (exact) mass is 335 g/mol. The predicted molar refractivity (Wildman–Crippen MR) is 74.9 cm³/mol. The van der Waals surface area contributed by atoms with E-state index in [4.69, 9.17) is 10.5 Å². The highest BCUT2D eigenvalue weighted by Gasteiger charge is 2.14. The second-order valence-electron chi connectivity index (χ2n) is 3.59. The minimum Gasteiger partial charge on any atom is -0.465 e. The van der Waals surface area contributed by atoms with E-state index in [1.54, 1.807) is 13.0 Å². The van der Waals surface area contributed by atoms with Crippen LogP contribution < -0.4 is 5.73 Å². The van der Waals surface area contributed by atoms with Crippen molar-refractivity contribution in [2.24, 2.45) is 5.73 Å². The first-order valence-corrected chi connectivity index (χ1v) is 7.43. The molecule has 2 N–H and O–H groups in total. The van der Waals surface area contributed by atoms with Crippen LogP contribution in [-0.2, 0) is 15.3 Å². The number of hydrogen-bond donors (Lipinski definition) is 1. The lowest BCUT2D eigenvalue weighted by Crippen LogP contribution is -2.34. The van der Waals surface area contributed by atoms with Crippen molar-refractivity contribution in [1.29, 1.82) is 0 Å². The van der Waals surface area contributed by atoms with Gasteiger partial charge >= 0.3 is 5.97 Å². The van der Waals surface area contributed by atoms with Crippen molar-refractivity contribution < 1.29 is 13.9 Å². The van der Waals surface area contributed by atoms with Crippen molar-refractivity contribution in [3.63, 3.8) is 0 Å². The largest absolute Gasteiger partial charge is 0.465 e. The van der Waals surface area contributed by atoms with Gasteiger partial charge in [-0.25, -0.2) is 4.39 Å². The molecular formula is C12H15BrFNO2S. The molecule has 1 aromatic carbocycles. The number of ether oxygens (including phenoxy) is 1. The van der Waals surface area contributed by atoms with Crippen LogP contribution in [0.15, 0.2) is 22.7 Å². The second kappa shape index (κ2) is 7.76. The number of esters is 1. The normalized spacial score (nSPS) is 12.2. The number of thioether (sulfide) groups is 1. The molecule has 1 unspecified atom stereocenters. The SMILES string of the molecule is CCOC(=O)C(N)CSCc1cccc(F)c1Br. The number of benzene rings is 1. The van der Waals surface area contributed by atoms with E-state index >= 15 is 0 Å². The van der Waals surface area contributed by atoms with Gasteiger partial charge in [0.2, 0.25) is 0 Å². The van der Waals surface area contributed by atoms with Gasteiger partial charge < -0.3 is 10.5 Å². The molecule has 0 bridgehead atoms. The summed E-state index contributed by atoms with van der Waals surface area (Å²) in [7, 11) is 0. The van der Waals surface area contributed by atoms with Gasteiger partial charge in [-0.2, -0.15) is 11.8 Å². The molecule has 0 saturated heterocycles. The van der Waals surface area contributed by atoms with Gasteiger partial charge in [0.25, 0.3) is 0 Å². The zero-order chi connectivity index (χ0) is 13.5. The molecular weight excluding hydrogens is 321 g/mol. The van der Waals surface area contributed by atoms with Gasteiger partial charge in [0.05, 0.1) is 11.1 Å². The van der Waals surface area contributed by atoms with E-state index in [2.05, 4.69) is 15.9 Å². The van der Waals surface area contributed by atoms with E-state index in [1.807, 2.05) is 6.07 Å². The molecule has 0 heterocycles. The number of halogens is 2. The zero-order valence-corrected chi connectivity index (χ0v) is 12.4. The zero-order valence-electron chi connectivity index (χ0n) is 9.99.